The van der Waals surface area contributed by atoms with E-state index in [2.05, 4.69) is 0 Å². The molecular formula is C20H20O5. The Labute approximate surface area is 145 Å². The molecule has 5 nitrogen and oxygen atoms in total. The SMILES string of the molecule is COc1c(O)ccc2c(=O)cc(-c3ccc(CCCCO)cc3)oc12. The molecule has 3 aromatic rings. The average molecular weight is 340 g/mol. The summed E-state index contributed by atoms with van der Waals surface area (Å²) < 4.78 is 11.0. The Morgan fingerprint density at radius 2 is 1.84 bits per heavy atom. The van der Waals surface area contributed by atoms with Gasteiger partial charge in [0.15, 0.2) is 16.8 Å². The molecule has 0 unspecified atom stereocenters. The molecule has 0 aliphatic rings. The quantitative estimate of drug-likeness (QED) is 0.672. The Kier molecular flexibility index (Phi) is 5.05. The van der Waals surface area contributed by atoms with Crippen molar-refractivity contribution in [3.05, 3.63) is 58.3 Å². The highest BCUT2D eigenvalue weighted by atomic mass is 16.5. The highest BCUT2D eigenvalue weighted by Gasteiger charge is 2.14. The lowest BCUT2D eigenvalue weighted by atomic mass is 10.0. The minimum Gasteiger partial charge on any atom is -0.504 e. The molecule has 0 aliphatic carbocycles. The van der Waals surface area contributed by atoms with Crippen molar-refractivity contribution in [1.29, 1.82) is 0 Å². The van der Waals surface area contributed by atoms with Crippen LogP contribution in [0.15, 0.2) is 51.7 Å². The van der Waals surface area contributed by atoms with Crippen LogP contribution in [-0.2, 0) is 6.42 Å². The summed E-state index contributed by atoms with van der Waals surface area (Å²) in [5.74, 6) is 0.495. The number of hydrogen-bond acceptors (Lipinski definition) is 5. The minimum atomic E-state index is -0.193. The van der Waals surface area contributed by atoms with E-state index in [1.807, 2.05) is 24.3 Å². The maximum absolute atomic E-state index is 12.4. The number of aromatic hydroxyl groups is 1. The normalized spacial score (nSPS) is 11.0. The van der Waals surface area contributed by atoms with E-state index in [4.69, 9.17) is 14.3 Å². The fraction of sp³-hybridized carbons (Fsp3) is 0.250. The van der Waals surface area contributed by atoms with Gasteiger partial charge >= 0.3 is 0 Å². The van der Waals surface area contributed by atoms with Gasteiger partial charge in [0.25, 0.3) is 0 Å². The monoisotopic (exact) mass is 340 g/mol. The molecule has 3 rings (SSSR count). The molecule has 0 fully saturated rings. The van der Waals surface area contributed by atoms with E-state index in [9.17, 15) is 9.90 Å². The van der Waals surface area contributed by atoms with Crippen LogP contribution < -0.4 is 10.2 Å². The van der Waals surface area contributed by atoms with Gasteiger partial charge in [-0.05, 0) is 37.0 Å². The number of aryl methyl sites for hydroxylation is 1. The summed E-state index contributed by atoms with van der Waals surface area (Å²) in [6.45, 7) is 0.203. The molecule has 0 radical (unpaired) electrons. The Bertz CT molecular complexity index is 925. The predicted octanol–water partition coefficient (Wildman–Crippen LogP) is 3.49. The van der Waals surface area contributed by atoms with E-state index in [-0.39, 0.29) is 29.1 Å². The van der Waals surface area contributed by atoms with Crippen LogP contribution in [0.3, 0.4) is 0 Å². The lowest BCUT2D eigenvalue weighted by Crippen LogP contribution is -2.01. The van der Waals surface area contributed by atoms with Crippen molar-refractivity contribution in [3.63, 3.8) is 0 Å². The minimum absolute atomic E-state index is 0.0745. The highest BCUT2D eigenvalue weighted by molar-refractivity contribution is 5.86. The molecule has 0 saturated heterocycles. The molecule has 0 aliphatic heterocycles. The third-order valence-corrected chi connectivity index (χ3v) is 4.15. The lowest BCUT2D eigenvalue weighted by Gasteiger charge is -2.09. The number of aliphatic hydroxyl groups excluding tert-OH is 1. The fourth-order valence-electron chi connectivity index (χ4n) is 2.80. The van der Waals surface area contributed by atoms with Crippen molar-refractivity contribution in [1.82, 2.24) is 0 Å². The molecule has 0 atom stereocenters. The van der Waals surface area contributed by atoms with Gasteiger partial charge < -0.3 is 19.4 Å². The number of unbranched alkanes of at least 4 members (excludes halogenated alkanes) is 1. The third-order valence-electron chi connectivity index (χ3n) is 4.15. The summed E-state index contributed by atoms with van der Waals surface area (Å²) in [5, 5.41) is 19.1. The van der Waals surface area contributed by atoms with E-state index in [1.165, 1.54) is 25.3 Å². The molecule has 0 amide bonds. The van der Waals surface area contributed by atoms with Crippen molar-refractivity contribution in [2.75, 3.05) is 13.7 Å². The lowest BCUT2D eigenvalue weighted by molar-refractivity contribution is 0.284. The number of aliphatic hydroxyl groups is 1. The van der Waals surface area contributed by atoms with Gasteiger partial charge in [0.05, 0.1) is 12.5 Å². The zero-order valence-corrected chi connectivity index (χ0v) is 14.0. The van der Waals surface area contributed by atoms with Crippen LogP contribution in [0, 0.1) is 0 Å². The van der Waals surface area contributed by atoms with Gasteiger partial charge in [-0.2, -0.15) is 0 Å². The Morgan fingerprint density at radius 1 is 1.08 bits per heavy atom. The molecule has 2 N–H and O–H groups in total. The molecule has 0 saturated carbocycles. The van der Waals surface area contributed by atoms with Crippen LogP contribution in [-0.4, -0.2) is 23.9 Å². The number of benzene rings is 2. The first kappa shape index (κ1) is 17.0. The average Bonchev–Trinajstić information content (AvgIpc) is 2.62. The van der Waals surface area contributed by atoms with Gasteiger partial charge in [-0.15, -0.1) is 0 Å². The molecule has 5 heteroatoms. The maximum atomic E-state index is 12.4. The Morgan fingerprint density at radius 3 is 2.52 bits per heavy atom. The Balaban J connectivity index is 2.00. The first-order valence-corrected chi connectivity index (χ1v) is 8.18. The van der Waals surface area contributed by atoms with Crippen molar-refractivity contribution in [2.45, 2.75) is 19.3 Å². The summed E-state index contributed by atoms with van der Waals surface area (Å²) in [4.78, 5) is 12.4. The number of ether oxygens (including phenoxy) is 1. The van der Waals surface area contributed by atoms with E-state index < -0.39 is 0 Å². The van der Waals surface area contributed by atoms with Gasteiger partial charge in [0, 0.05) is 18.2 Å². The van der Waals surface area contributed by atoms with Gasteiger partial charge in [-0.1, -0.05) is 24.3 Å². The second-order valence-corrected chi connectivity index (χ2v) is 5.85. The van der Waals surface area contributed by atoms with E-state index in [0.29, 0.717) is 11.1 Å². The van der Waals surface area contributed by atoms with Gasteiger partial charge in [-0.3, -0.25) is 4.79 Å². The van der Waals surface area contributed by atoms with Crippen LogP contribution in [0.5, 0.6) is 11.5 Å². The maximum Gasteiger partial charge on any atom is 0.204 e. The number of methoxy groups -OCH3 is 1. The molecule has 2 aromatic carbocycles. The second kappa shape index (κ2) is 7.40. The molecule has 0 spiro atoms. The number of fused-ring (bicyclic) bond motifs is 1. The first-order chi connectivity index (χ1) is 12.1. The van der Waals surface area contributed by atoms with Crippen molar-refractivity contribution >= 4 is 11.0 Å². The summed E-state index contributed by atoms with van der Waals surface area (Å²) in [7, 11) is 1.42. The number of phenols is 1. The van der Waals surface area contributed by atoms with E-state index in [1.54, 1.807) is 0 Å². The van der Waals surface area contributed by atoms with Gasteiger partial charge in [0.2, 0.25) is 5.75 Å². The topological polar surface area (TPSA) is 79.9 Å². The molecule has 0 bridgehead atoms. The highest BCUT2D eigenvalue weighted by Crippen LogP contribution is 2.35. The van der Waals surface area contributed by atoms with Crippen LogP contribution in [0.1, 0.15) is 18.4 Å². The molecule has 130 valence electrons. The summed E-state index contributed by atoms with van der Waals surface area (Å²) in [6, 6.07) is 12.1. The molecule has 25 heavy (non-hydrogen) atoms. The zero-order valence-electron chi connectivity index (χ0n) is 14.0. The summed E-state index contributed by atoms with van der Waals surface area (Å²) in [6.07, 6.45) is 2.60. The fourth-order valence-corrected chi connectivity index (χ4v) is 2.80. The predicted molar refractivity (Wildman–Crippen MR) is 96.2 cm³/mol. The smallest absolute Gasteiger partial charge is 0.204 e. The van der Waals surface area contributed by atoms with Crippen LogP contribution in [0.2, 0.25) is 0 Å². The number of rotatable bonds is 6. The molecule has 1 heterocycles. The first-order valence-electron chi connectivity index (χ1n) is 8.18. The van der Waals surface area contributed by atoms with Gasteiger partial charge in [0.1, 0.15) is 5.76 Å². The van der Waals surface area contributed by atoms with Gasteiger partial charge in [-0.25, -0.2) is 0 Å². The zero-order chi connectivity index (χ0) is 17.8. The van der Waals surface area contributed by atoms with Crippen molar-refractivity contribution < 1.29 is 19.4 Å². The largest absolute Gasteiger partial charge is 0.504 e. The molecule has 1 aromatic heterocycles. The molecular weight excluding hydrogens is 320 g/mol. The van der Waals surface area contributed by atoms with Crippen molar-refractivity contribution in [3.8, 4) is 22.8 Å². The second-order valence-electron chi connectivity index (χ2n) is 5.85. The third kappa shape index (κ3) is 3.51. The van der Waals surface area contributed by atoms with Crippen LogP contribution in [0.25, 0.3) is 22.3 Å². The van der Waals surface area contributed by atoms with Crippen molar-refractivity contribution in [2.24, 2.45) is 0 Å². The summed E-state index contributed by atoms with van der Waals surface area (Å²) in [5.41, 5.74) is 1.98. The van der Waals surface area contributed by atoms with Crippen LogP contribution >= 0.6 is 0 Å². The van der Waals surface area contributed by atoms with E-state index in [0.717, 1.165) is 30.4 Å². The Hall–Kier alpha value is -2.79. The van der Waals surface area contributed by atoms with Crippen LogP contribution in [0.4, 0.5) is 0 Å². The standard InChI is InChI=1S/C20H20O5/c1-24-20-16(22)10-9-15-17(23)12-18(25-19(15)20)14-7-5-13(6-8-14)4-2-3-11-21/h5-10,12,21-22H,2-4,11H2,1H3. The summed E-state index contributed by atoms with van der Waals surface area (Å²) >= 11 is 0. The van der Waals surface area contributed by atoms with E-state index >= 15 is 0 Å². The number of hydrogen-bond donors (Lipinski definition) is 2. The number of phenolic OH excluding ortho intramolecular Hbond substituents is 1.